The Morgan fingerprint density at radius 1 is 1.30 bits per heavy atom. The third kappa shape index (κ3) is 3.82. The topological polar surface area (TPSA) is 91.4 Å². The highest BCUT2D eigenvalue weighted by atomic mass is 79.9. The molecule has 0 saturated carbocycles. The molecular formula is C15H20BrN4O3+. The SMILES string of the molecule is C[C@@H]1C[NH+](CC(=O)Nc2cc3[nH]c(=O)[nH]c3cc2Br)C[C@H](C)O1. The molecule has 124 valence electrons. The summed E-state index contributed by atoms with van der Waals surface area (Å²) >= 11 is 3.42. The fourth-order valence-electron chi connectivity index (χ4n) is 3.11. The number of rotatable bonds is 3. The maximum atomic E-state index is 12.3. The van der Waals surface area contributed by atoms with Gasteiger partial charge in [-0.15, -0.1) is 0 Å². The Morgan fingerprint density at radius 3 is 2.57 bits per heavy atom. The van der Waals surface area contributed by atoms with Crippen molar-refractivity contribution < 1.29 is 14.4 Å². The van der Waals surface area contributed by atoms with E-state index in [1.54, 1.807) is 12.1 Å². The number of fused-ring (bicyclic) bond motifs is 1. The van der Waals surface area contributed by atoms with Gasteiger partial charge in [-0.1, -0.05) is 0 Å². The van der Waals surface area contributed by atoms with Gasteiger partial charge in [-0.2, -0.15) is 0 Å². The molecule has 1 unspecified atom stereocenters. The van der Waals surface area contributed by atoms with Crippen LogP contribution in [0.2, 0.25) is 0 Å². The first-order chi connectivity index (χ1) is 10.9. The van der Waals surface area contributed by atoms with Gasteiger partial charge in [0.2, 0.25) is 0 Å². The average Bonchev–Trinajstić information content (AvgIpc) is 2.76. The van der Waals surface area contributed by atoms with Crippen LogP contribution < -0.4 is 15.9 Å². The molecule has 2 heterocycles. The minimum absolute atomic E-state index is 0.0563. The lowest BCUT2D eigenvalue weighted by atomic mass is 10.2. The van der Waals surface area contributed by atoms with Crippen LogP contribution in [-0.4, -0.2) is 47.7 Å². The first-order valence-corrected chi connectivity index (χ1v) is 8.40. The molecule has 1 saturated heterocycles. The Balaban J connectivity index is 1.70. The first-order valence-electron chi connectivity index (χ1n) is 7.61. The van der Waals surface area contributed by atoms with Gasteiger partial charge in [-0.3, -0.25) is 4.79 Å². The second-order valence-electron chi connectivity index (χ2n) is 6.10. The molecule has 4 N–H and O–H groups in total. The highest BCUT2D eigenvalue weighted by molar-refractivity contribution is 9.10. The van der Waals surface area contributed by atoms with E-state index in [-0.39, 0.29) is 23.8 Å². The second kappa shape index (κ2) is 6.46. The molecule has 3 atom stereocenters. The minimum Gasteiger partial charge on any atom is -0.364 e. The Bertz CT molecular complexity index is 775. The number of benzene rings is 1. The zero-order valence-electron chi connectivity index (χ0n) is 13.0. The van der Waals surface area contributed by atoms with Crippen LogP contribution in [0.3, 0.4) is 0 Å². The molecule has 2 aromatic rings. The van der Waals surface area contributed by atoms with E-state index in [2.05, 4.69) is 31.2 Å². The highest BCUT2D eigenvalue weighted by Crippen LogP contribution is 2.26. The molecule has 8 heteroatoms. The number of nitrogens with one attached hydrogen (secondary N) is 4. The number of ether oxygens (including phenoxy) is 1. The number of hydrogen-bond acceptors (Lipinski definition) is 3. The molecule has 1 aliphatic rings. The summed E-state index contributed by atoms with van der Waals surface area (Å²) in [5, 5.41) is 2.91. The van der Waals surface area contributed by atoms with Crippen LogP contribution in [0, 0.1) is 0 Å². The van der Waals surface area contributed by atoms with Crippen LogP contribution in [0.4, 0.5) is 5.69 Å². The summed E-state index contributed by atoms with van der Waals surface area (Å²) in [7, 11) is 0. The van der Waals surface area contributed by atoms with Crippen molar-refractivity contribution in [3.63, 3.8) is 0 Å². The van der Waals surface area contributed by atoms with Crippen molar-refractivity contribution in [2.45, 2.75) is 26.1 Å². The molecule has 7 nitrogen and oxygen atoms in total. The molecule has 23 heavy (non-hydrogen) atoms. The van der Waals surface area contributed by atoms with E-state index < -0.39 is 0 Å². The van der Waals surface area contributed by atoms with Gasteiger partial charge in [-0.05, 0) is 41.9 Å². The fourth-order valence-corrected chi connectivity index (χ4v) is 3.55. The summed E-state index contributed by atoms with van der Waals surface area (Å²) in [5.41, 5.74) is 1.73. The zero-order chi connectivity index (χ0) is 16.6. The molecular weight excluding hydrogens is 364 g/mol. The summed E-state index contributed by atoms with van der Waals surface area (Å²) in [6, 6.07) is 3.52. The number of morpholine rings is 1. The van der Waals surface area contributed by atoms with E-state index in [4.69, 9.17) is 4.74 Å². The van der Waals surface area contributed by atoms with Gasteiger partial charge in [0.25, 0.3) is 5.91 Å². The highest BCUT2D eigenvalue weighted by Gasteiger charge is 2.27. The number of carbonyl (C=O) groups is 1. The zero-order valence-corrected chi connectivity index (χ0v) is 14.6. The monoisotopic (exact) mass is 383 g/mol. The van der Waals surface area contributed by atoms with Crippen molar-refractivity contribution in [2.24, 2.45) is 0 Å². The standard InChI is InChI=1S/C15H19BrN4O3/c1-8-5-20(6-9(2)23-8)7-14(21)17-11-4-13-12(3-10(11)16)18-15(22)19-13/h3-4,8-9H,5-7H2,1-2H3,(H,17,21)(H2,18,19,22)/p+1/t8-,9+. The van der Waals surface area contributed by atoms with Crippen LogP contribution in [-0.2, 0) is 9.53 Å². The lowest BCUT2D eigenvalue weighted by Crippen LogP contribution is -3.16. The van der Waals surface area contributed by atoms with Crippen molar-refractivity contribution in [1.82, 2.24) is 9.97 Å². The third-order valence-corrected chi connectivity index (χ3v) is 4.56. The Kier molecular flexibility index (Phi) is 4.56. The number of anilines is 1. The molecule has 0 bridgehead atoms. The summed E-state index contributed by atoms with van der Waals surface area (Å²) in [6.07, 6.45) is 0.323. The molecule has 0 aliphatic carbocycles. The average molecular weight is 384 g/mol. The molecule has 0 radical (unpaired) electrons. The smallest absolute Gasteiger partial charge is 0.323 e. The number of aromatic nitrogens is 2. The second-order valence-corrected chi connectivity index (χ2v) is 6.95. The van der Waals surface area contributed by atoms with Crippen molar-refractivity contribution >= 4 is 38.6 Å². The molecule has 1 amide bonds. The van der Waals surface area contributed by atoms with Crippen molar-refractivity contribution in [3.05, 3.63) is 27.1 Å². The number of halogens is 1. The normalized spacial score (nSPS) is 24.7. The first kappa shape index (κ1) is 16.2. The maximum absolute atomic E-state index is 12.3. The number of carbonyl (C=O) groups excluding carboxylic acids is 1. The number of quaternary nitrogens is 1. The van der Waals surface area contributed by atoms with Crippen LogP contribution in [0.1, 0.15) is 13.8 Å². The van der Waals surface area contributed by atoms with E-state index in [0.29, 0.717) is 23.3 Å². The predicted molar refractivity (Wildman–Crippen MR) is 90.8 cm³/mol. The predicted octanol–water partition coefficient (Wildman–Crippen LogP) is 0.249. The van der Waals surface area contributed by atoms with E-state index in [1.807, 2.05) is 13.8 Å². The van der Waals surface area contributed by atoms with Crippen molar-refractivity contribution in [1.29, 1.82) is 0 Å². The van der Waals surface area contributed by atoms with Crippen LogP contribution in [0.25, 0.3) is 11.0 Å². The van der Waals surface area contributed by atoms with E-state index in [9.17, 15) is 9.59 Å². The van der Waals surface area contributed by atoms with E-state index >= 15 is 0 Å². The molecule has 0 spiro atoms. The minimum atomic E-state index is -0.267. The molecule has 3 rings (SSSR count). The lowest BCUT2D eigenvalue weighted by molar-refractivity contribution is -0.907. The molecule has 1 aromatic carbocycles. The van der Waals surface area contributed by atoms with Crippen LogP contribution >= 0.6 is 15.9 Å². The number of imidazole rings is 1. The van der Waals surface area contributed by atoms with Gasteiger partial charge in [-0.25, -0.2) is 4.79 Å². The van der Waals surface area contributed by atoms with Crippen molar-refractivity contribution in [2.75, 3.05) is 25.0 Å². The van der Waals surface area contributed by atoms with E-state index in [1.165, 1.54) is 4.90 Å². The molecule has 1 aromatic heterocycles. The number of amides is 1. The Hall–Kier alpha value is -1.64. The van der Waals surface area contributed by atoms with Crippen LogP contribution in [0.5, 0.6) is 0 Å². The number of H-pyrrole nitrogens is 2. The number of hydrogen-bond donors (Lipinski definition) is 4. The third-order valence-electron chi connectivity index (χ3n) is 3.91. The maximum Gasteiger partial charge on any atom is 0.323 e. The lowest BCUT2D eigenvalue weighted by Gasteiger charge is -2.31. The van der Waals surface area contributed by atoms with Crippen LogP contribution in [0.15, 0.2) is 21.4 Å². The largest absolute Gasteiger partial charge is 0.364 e. The Morgan fingerprint density at radius 2 is 1.91 bits per heavy atom. The van der Waals surface area contributed by atoms with Gasteiger partial charge in [0.05, 0.1) is 16.7 Å². The Labute approximate surface area is 141 Å². The molecule has 1 fully saturated rings. The summed E-state index contributed by atoms with van der Waals surface area (Å²) < 4.78 is 6.42. The van der Waals surface area contributed by atoms with Gasteiger partial charge in [0.15, 0.2) is 6.54 Å². The summed E-state index contributed by atoms with van der Waals surface area (Å²) in [6.45, 7) is 6.10. The van der Waals surface area contributed by atoms with Gasteiger partial charge in [0, 0.05) is 4.47 Å². The fraction of sp³-hybridized carbons (Fsp3) is 0.467. The van der Waals surface area contributed by atoms with E-state index in [0.717, 1.165) is 17.6 Å². The summed E-state index contributed by atoms with van der Waals surface area (Å²) in [5.74, 6) is -0.0563. The van der Waals surface area contributed by atoms with Gasteiger partial charge >= 0.3 is 5.69 Å². The van der Waals surface area contributed by atoms with Gasteiger partial charge in [0.1, 0.15) is 25.3 Å². The quantitative estimate of drug-likeness (QED) is 0.612. The van der Waals surface area contributed by atoms with Crippen molar-refractivity contribution in [3.8, 4) is 0 Å². The molecule has 1 aliphatic heterocycles. The van der Waals surface area contributed by atoms with Gasteiger partial charge < -0.3 is 24.9 Å². The number of aromatic amines is 2. The summed E-state index contributed by atoms with van der Waals surface area (Å²) in [4.78, 5) is 30.2.